The van der Waals surface area contributed by atoms with Crippen LogP contribution in [0.25, 0.3) is 0 Å². The van der Waals surface area contributed by atoms with Gasteiger partial charge in [0.05, 0.1) is 0 Å². The molecule has 1 atom stereocenters. The molecule has 0 spiro atoms. The smallest absolute Gasteiger partial charge is 0.251 e. The fraction of sp³-hybridized carbons (Fsp3) is 0.500. The van der Waals surface area contributed by atoms with Gasteiger partial charge in [-0.2, -0.15) is 0 Å². The van der Waals surface area contributed by atoms with Crippen molar-refractivity contribution in [1.29, 1.82) is 0 Å². The molecule has 1 aromatic rings. The summed E-state index contributed by atoms with van der Waals surface area (Å²) in [7, 11) is 0. The lowest BCUT2D eigenvalue weighted by atomic mass is 10.2. The van der Waals surface area contributed by atoms with Gasteiger partial charge in [-0.05, 0) is 43.5 Å². The molecule has 2 fully saturated rings. The molecule has 0 bridgehead atoms. The normalized spacial score (nSPS) is 24.2. The molecule has 1 amide bonds. The average Bonchev–Trinajstić information content (AvgIpc) is 3.11. The zero-order valence-corrected chi connectivity index (χ0v) is 11.0. The van der Waals surface area contributed by atoms with Crippen LogP contribution in [0, 0.1) is 0 Å². The molecule has 2 aliphatic rings. The number of amides is 1. The minimum atomic E-state index is 0.00862. The van der Waals surface area contributed by atoms with Crippen LogP contribution in [0.4, 0.5) is 0 Å². The van der Waals surface area contributed by atoms with Crippen LogP contribution in [0.15, 0.2) is 24.3 Å². The number of carbonyl (C=O) groups excluding carboxylic acids is 1. The summed E-state index contributed by atoms with van der Waals surface area (Å²) in [5.41, 5.74) is 0.685. The summed E-state index contributed by atoms with van der Waals surface area (Å²) in [4.78, 5) is 14.5. The van der Waals surface area contributed by atoms with Crippen molar-refractivity contribution in [3.8, 4) is 0 Å². The molecule has 96 valence electrons. The monoisotopic (exact) mass is 264 g/mol. The third kappa shape index (κ3) is 2.68. The summed E-state index contributed by atoms with van der Waals surface area (Å²) in [5, 5.41) is 3.76. The fourth-order valence-corrected chi connectivity index (χ4v) is 2.67. The third-order valence-electron chi connectivity index (χ3n) is 3.72. The van der Waals surface area contributed by atoms with Crippen molar-refractivity contribution in [2.24, 2.45) is 0 Å². The Morgan fingerprint density at radius 2 is 1.94 bits per heavy atom. The lowest BCUT2D eigenvalue weighted by Gasteiger charge is -2.15. The van der Waals surface area contributed by atoms with E-state index in [2.05, 4.69) is 10.2 Å². The number of nitrogens with one attached hydrogen (secondary N) is 1. The maximum absolute atomic E-state index is 12.0. The zero-order valence-electron chi connectivity index (χ0n) is 10.2. The first kappa shape index (κ1) is 12.0. The van der Waals surface area contributed by atoms with Crippen LogP contribution in [0.1, 0.15) is 29.6 Å². The summed E-state index contributed by atoms with van der Waals surface area (Å²) in [5.74, 6) is 0.00862. The SMILES string of the molecule is O=C(NC1CCN(C2CC2)C1)c1ccc(Cl)cc1. The Hall–Kier alpha value is -1.06. The van der Waals surface area contributed by atoms with Gasteiger partial charge in [-0.25, -0.2) is 0 Å². The molecule has 1 N–H and O–H groups in total. The molecule has 0 radical (unpaired) electrons. The lowest BCUT2D eigenvalue weighted by Crippen LogP contribution is -2.37. The van der Waals surface area contributed by atoms with Gasteiger partial charge in [0, 0.05) is 35.8 Å². The number of carbonyl (C=O) groups is 1. The average molecular weight is 265 g/mol. The standard InChI is InChI=1S/C14H17ClN2O/c15-11-3-1-10(2-4-11)14(18)16-12-7-8-17(9-12)13-5-6-13/h1-4,12-13H,5-9H2,(H,16,18). The molecule has 1 saturated carbocycles. The maximum Gasteiger partial charge on any atom is 0.251 e. The van der Waals surface area contributed by atoms with Gasteiger partial charge in [-0.3, -0.25) is 9.69 Å². The van der Waals surface area contributed by atoms with Crippen molar-refractivity contribution in [1.82, 2.24) is 10.2 Å². The first-order valence-electron chi connectivity index (χ1n) is 6.53. The Morgan fingerprint density at radius 1 is 1.22 bits per heavy atom. The molecule has 1 unspecified atom stereocenters. The molecule has 3 rings (SSSR count). The minimum Gasteiger partial charge on any atom is -0.348 e. The van der Waals surface area contributed by atoms with Crippen LogP contribution in [0.2, 0.25) is 5.02 Å². The van der Waals surface area contributed by atoms with E-state index in [0.29, 0.717) is 16.6 Å². The Morgan fingerprint density at radius 3 is 2.61 bits per heavy atom. The number of nitrogens with zero attached hydrogens (tertiary/aromatic N) is 1. The number of hydrogen-bond donors (Lipinski definition) is 1. The first-order chi connectivity index (χ1) is 8.72. The molecule has 18 heavy (non-hydrogen) atoms. The van der Waals surface area contributed by atoms with Gasteiger partial charge in [-0.1, -0.05) is 11.6 Å². The number of hydrogen-bond acceptors (Lipinski definition) is 2. The van der Waals surface area contributed by atoms with Crippen LogP contribution in [0.3, 0.4) is 0 Å². The summed E-state index contributed by atoms with van der Waals surface area (Å²) >= 11 is 5.81. The highest BCUT2D eigenvalue weighted by Gasteiger charge is 2.34. The molecular formula is C14H17ClN2O. The minimum absolute atomic E-state index is 0.00862. The van der Waals surface area contributed by atoms with Gasteiger partial charge in [-0.15, -0.1) is 0 Å². The van der Waals surface area contributed by atoms with Crippen molar-refractivity contribution in [3.63, 3.8) is 0 Å². The van der Waals surface area contributed by atoms with Crippen LogP contribution in [-0.4, -0.2) is 36.0 Å². The molecule has 1 aromatic carbocycles. The van der Waals surface area contributed by atoms with Crippen LogP contribution in [0.5, 0.6) is 0 Å². The van der Waals surface area contributed by atoms with Crippen molar-refractivity contribution in [2.45, 2.75) is 31.3 Å². The molecule has 1 aliphatic carbocycles. The second kappa shape index (κ2) is 4.90. The molecule has 1 saturated heterocycles. The zero-order chi connectivity index (χ0) is 12.5. The molecule has 0 aromatic heterocycles. The third-order valence-corrected chi connectivity index (χ3v) is 3.98. The number of halogens is 1. The highest BCUT2D eigenvalue weighted by Crippen LogP contribution is 2.29. The number of likely N-dealkylation sites (tertiary alicyclic amines) is 1. The summed E-state index contributed by atoms with van der Waals surface area (Å²) < 4.78 is 0. The maximum atomic E-state index is 12.0. The van der Waals surface area contributed by atoms with E-state index in [9.17, 15) is 4.79 Å². The summed E-state index contributed by atoms with van der Waals surface area (Å²) in [6, 6.07) is 8.14. The predicted octanol–water partition coefficient (Wildman–Crippen LogP) is 2.31. The Balaban J connectivity index is 1.56. The second-order valence-corrected chi connectivity index (χ2v) is 5.63. The van der Waals surface area contributed by atoms with E-state index in [1.165, 1.54) is 12.8 Å². The van der Waals surface area contributed by atoms with Crippen LogP contribution in [-0.2, 0) is 0 Å². The van der Waals surface area contributed by atoms with E-state index < -0.39 is 0 Å². The highest BCUT2D eigenvalue weighted by molar-refractivity contribution is 6.30. The second-order valence-electron chi connectivity index (χ2n) is 5.19. The molecule has 4 heteroatoms. The van der Waals surface area contributed by atoms with Gasteiger partial charge in [0.2, 0.25) is 0 Å². The van der Waals surface area contributed by atoms with Gasteiger partial charge in [0.15, 0.2) is 0 Å². The van der Waals surface area contributed by atoms with E-state index in [1.54, 1.807) is 24.3 Å². The molecule has 1 heterocycles. The molecule has 1 aliphatic heterocycles. The first-order valence-corrected chi connectivity index (χ1v) is 6.90. The van der Waals surface area contributed by atoms with Crippen molar-refractivity contribution >= 4 is 17.5 Å². The topological polar surface area (TPSA) is 32.3 Å². The quantitative estimate of drug-likeness (QED) is 0.909. The van der Waals surface area contributed by atoms with Crippen LogP contribution < -0.4 is 5.32 Å². The number of rotatable bonds is 3. The van der Waals surface area contributed by atoms with Gasteiger partial charge < -0.3 is 5.32 Å². The lowest BCUT2D eigenvalue weighted by molar-refractivity contribution is 0.0937. The van der Waals surface area contributed by atoms with E-state index in [0.717, 1.165) is 25.6 Å². The largest absolute Gasteiger partial charge is 0.348 e. The highest BCUT2D eigenvalue weighted by atomic mass is 35.5. The van der Waals surface area contributed by atoms with E-state index in [-0.39, 0.29) is 5.91 Å². The Labute approximate surface area is 112 Å². The Kier molecular flexibility index (Phi) is 3.27. The van der Waals surface area contributed by atoms with E-state index in [4.69, 9.17) is 11.6 Å². The van der Waals surface area contributed by atoms with E-state index in [1.807, 2.05) is 0 Å². The summed E-state index contributed by atoms with van der Waals surface area (Å²) in [6.07, 6.45) is 3.73. The van der Waals surface area contributed by atoms with Crippen molar-refractivity contribution < 1.29 is 4.79 Å². The van der Waals surface area contributed by atoms with Crippen LogP contribution >= 0.6 is 11.6 Å². The van der Waals surface area contributed by atoms with Crippen molar-refractivity contribution in [2.75, 3.05) is 13.1 Å². The molecule has 3 nitrogen and oxygen atoms in total. The van der Waals surface area contributed by atoms with Gasteiger partial charge in [0.1, 0.15) is 0 Å². The Bertz CT molecular complexity index is 442. The van der Waals surface area contributed by atoms with E-state index >= 15 is 0 Å². The number of benzene rings is 1. The van der Waals surface area contributed by atoms with Crippen molar-refractivity contribution in [3.05, 3.63) is 34.9 Å². The van der Waals surface area contributed by atoms with Gasteiger partial charge in [0.25, 0.3) is 5.91 Å². The fourth-order valence-electron chi connectivity index (χ4n) is 2.55. The predicted molar refractivity (Wildman–Crippen MR) is 71.9 cm³/mol. The molecular weight excluding hydrogens is 248 g/mol. The van der Waals surface area contributed by atoms with Gasteiger partial charge >= 0.3 is 0 Å². The summed E-state index contributed by atoms with van der Waals surface area (Å²) in [6.45, 7) is 2.13.